The van der Waals surface area contributed by atoms with E-state index in [1.165, 1.54) is 44.1 Å². The molecule has 0 aromatic heterocycles. The van der Waals surface area contributed by atoms with Crippen LogP contribution in [0.25, 0.3) is 0 Å². The third-order valence-electron chi connectivity index (χ3n) is 4.09. The fraction of sp³-hybridized carbons (Fsp3) is 0.625. The Balaban J connectivity index is 1.88. The van der Waals surface area contributed by atoms with Gasteiger partial charge in [0.25, 0.3) is 0 Å². The Labute approximate surface area is 120 Å². The van der Waals surface area contributed by atoms with Crippen molar-refractivity contribution in [1.29, 1.82) is 0 Å². The van der Waals surface area contributed by atoms with Gasteiger partial charge in [0.05, 0.1) is 0 Å². The van der Waals surface area contributed by atoms with E-state index in [1.807, 2.05) is 0 Å². The maximum absolute atomic E-state index is 13.2. The summed E-state index contributed by atoms with van der Waals surface area (Å²) < 4.78 is 13.2. The molecule has 1 atom stereocenters. The summed E-state index contributed by atoms with van der Waals surface area (Å²) in [4.78, 5) is 2.53. The van der Waals surface area contributed by atoms with Crippen molar-refractivity contribution >= 4 is 0 Å². The van der Waals surface area contributed by atoms with Crippen LogP contribution in [-0.4, -0.2) is 35.7 Å². The van der Waals surface area contributed by atoms with Crippen molar-refractivity contribution < 1.29 is 9.50 Å². The van der Waals surface area contributed by atoms with Crippen LogP contribution in [0.15, 0.2) is 18.2 Å². The summed E-state index contributed by atoms with van der Waals surface area (Å²) in [5, 5.41) is 13.1. The molecule has 20 heavy (non-hydrogen) atoms. The van der Waals surface area contributed by atoms with Crippen molar-refractivity contribution in [2.45, 2.75) is 39.3 Å². The van der Waals surface area contributed by atoms with E-state index in [0.29, 0.717) is 24.1 Å². The number of nitrogens with one attached hydrogen (secondary N) is 1. The third kappa shape index (κ3) is 3.93. The van der Waals surface area contributed by atoms with Gasteiger partial charge in [0.2, 0.25) is 0 Å². The second-order valence-electron chi connectivity index (χ2n) is 5.96. The third-order valence-corrected chi connectivity index (χ3v) is 4.09. The Morgan fingerprint density at radius 2 is 2.00 bits per heavy atom. The maximum atomic E-state index is 13.2. The molecule has 1 aliphatic rings. The zero-order chi connectivity index (χ0) is 14.5. The molecule has 1 aromatic rings. The Morgan fingerprint density at radius 1 is 1.30 bits per heavy atom. The molecule has 3 nitrogen and oxygen atoms in total. The van der Waals surface area contributed by atoms with Crippen LogP contribution >= 0.6 is 0 Å². The van der Waals surface area contributed by atoms with Crippen LogP contribution in [0.3, 0.4) is 0 Å². The van der Waals surface area contributed by atoms with Gasteiger partial charge in [-0.05, 0) is 50.0 Å². The highest BCUT2D eigenvalue weighted by atomic mass is 19.1. The van der Waals surface area contributed by atoms with E-state index in [9.17, 15) is 9.50 Å². The number of hydrogen-bond acceptors (Lipinski definition) is 3. The smallest absolute Gasteiger partial charge is 0.123 e. The SMILES string of the molecule is CC(C)C(CNCc1cc(F)ccc1O)N1CCCC1. The van der Waals surface area contributed by atoms with E-state index in [-0.39, 0.29) is 11.6 Å². The van der Waals surface area contributed by atoms with Crippen molar-refractivity contribution in [2.75, 3.05) is 19.6 Å². The monoisotopic (exact) mass is 280 g/mol. The molecule has 0 radical (unpaired) electrons. The fourth-order valence-corrected chi connectivity index (χ4v) is 2.91. The van der Waals surface area contributed by atoms with Crippen LogP contribution < -0.4 is 5.32 Å². The number of aromatic hydroxyl groups is 1. The maximum Gasteiger partial charge on any atom is 0.123 e. The van der Waals surface area contributed by atoms with Gasteiger partial charge in [-0.25, -0.2) is 4.39 Å². The summed E-state index contributed by atoms with van der Waals surface area (Å²) in [6, 6.07) is 4.59. The quantitative estimate of drug-likeness (QED) is 0.841. The summed E-state index contributed by atoms with van der Waals surface area (Å²) in [5.74, 6) is 0.433. The number of phenolic OH excluding ortho intramolecular Hbond substituents is 1. The molecule has 1 aliphatic heterocycles. The van der Waals surface area contributed by atoms with Gasteiger partial charge in [-0.1, -0.05) is 13.8 Å². The standard InChI is InChI=1S/C16H25FN2O/c1-12(2)15(19-7-3-4-8-19)11-18-10-13-9-14(17)5-6-16(13)20/h5-6,9,12,15,18,20H,3-4,7-8,10-11H2,1-2H3. The first-order chi connectivity index (χ1) is 9.58. The Hall–Kier alpha value is -1.13. The Kier molecular flexibility index (Phi) is 5.38. The summed E-state index contributed by atoms with van der Waals surface area (Å²) in [6.07, 6.45) is 2.57. The number of likely N-dealkylation sites (tertiary alicyclic amines) is 1. The van der Waals surface area contributed by atoms with E-state index in [4.69, 9.17) is 0 Å². The van der Waals surface area contributed by atoms with Crippen LogP contribution in [0.4, 0.5) is 4.39 Å². The van der Waals surface area contributed by atoms with E-state index in [2.05, 4.69) is 24.1 Å². The van der Waals surface area contributed by atoms with Gasteiger partial charge in [-0.3, -0.25) is 4.90 Å². The molecule has 0 saturated carbocycles. The van der Waals surface area contributed by atoms with E-state index < -0.39 is 0 Å². The summed E-state index contributed by atoms with van der Waals surface area (Å²) >= 11 is 0. The minimum absolute atomic E-state index is 0.154. The average molecular weight is 280 g/mol. The van der Waals surface area contributed by atoms with Crippen molar-refractivity contribution in [2.24, 2.45) is 5.92 Å². The Bertz CT molecular complexity index is 430. The molecule has 0 aliphatic carbocycles. The van der Waals surface area contributed by atoms with Crippen LogP contribution in [0.5, 0.6) is 5.75 Å². The first-order valence-corrected chi connectivity index (χ1v) is 7.50. The number of rotatable bonds is 6. The van der Waals surface area contributed by atoms with Gasteiger partial charge < -0.3 is 10.4 Å². The van der Waals surface area contributed by atoms with Gasteiger partial charge in [-0.15, -0.1) is 0 Å². The molecule has 112 valence electrons. The van der Waals surface area contributed by atoms with E-state index in [1.54, 1.807) is 0 Å². The second kappa shape index (κ2) is 7.04. The number of halogens is 1. The van der Waals surface area contributed by atoms with Crippen molar-refractivity contribution in [1.82, 2.24) is 10.2 Å². The predicted molar refractivity (Wildman–Crippen MR) is 79.2 cm³/mol. The molecule has 1 unspecified atom stereocenters. The molecule has 2 N–H and O–H groups in total. The molecule has 2 rings (SSSR count). The second-order valence-corrected chi connectivity index (χ2v) is 5.96. The molecule has 4 heteroatoms. The summed E-state index contributed by atoms with van der Waals surface area (Å²) in [5.41, 5.74) is 0.619. The number of hydrogen-bond donors (Lipinski definition) is 2. The van der Waals surface area contributed by atoms with Crippen LogP contribution in [-0.2, 0) is 6.54 Å². The minimum atomic E-state index is -0.306. The number of phenols is 1. The normalized spacial score (nSPS) is 17.8. The lowest BCUT2D eigenvalue weighted by Gasteiger charge is -2.31. The molecule has 1 fully saturated rings. The largest absolute Gasteiger partial charge is 0.508 e. The minimum Gasteiger partial charge on any atom is -0.508 e. The lowest BCUT2D eigenvalue weighted by molar-refractivity contribution is 0.186. The highest BCUT2D eigenvalue weighted by Gasteiger charge is 2.24. The molecular weight excluding hydrogens is 255 g/mol. The lowest BCUT2D eigenvalue weighted by atomic mass is 10.0. The number of benzene rings is 1. The van der Waals surface area contributed by atoms with Crippen LogP contribution in [0.1, 0.15) is 32.3 Å². The van der Waals surface area contributed by atoms with Gasteiger partial charge in [0.15, 0.2) is 0 Å². The van der Waals surface area contributed by atoms with Gasteiger partial charge in [-0.2, -0.15) is 0 Å². The molecule has 0 amide bonds. The van der Waals surface area contributed by atoms with Crippen molar-refractivity contribution in [3.8, 4) is 5.75 Å². The molecule has 1 heterocycles. The van der Waals surface area contributed by atoms with Crippen LogP contribution in [0, 0.1) is 11.7 Å². The molecular formula is C16H25FN2O. The Morgan fingerprint density at radius 3 is 2.65 bits per heavy atom. The van der Waals surface area contributed by atoms with Crippen molar-refractivity contribution in [3.63, 3.8) is 0 Å². The predicted octanol–water partition coefficient (Wildman–Crippen LogP) is 2.74. The van der Waals surface area contributed by atoms with Crippen molar-refractivity contribution in [3.05, 3.63) is 29.6 Å². The van der Waals surface area contributed by atoms with Gasteiger partial charge in [0, 0.05) is 24.7 Å². The summed E-state index contributed by atoms with van der Waals surface area (Å²) in [7, 11) is 0. The zero-order valence-electron chi connectivity index (χ0n) is 12.4. The topological polar surface area (TPSA) is 35.5 Å². The first kappa shape index (κ1) is 15.3. The zero-order valence-corrected chi connectivity index (χ0v) is 12.4. The highest BCUT2D eigenvalue weighted by molar-refractivity contribution is 5.32. The van der Waals surface area contributed by atoms with E-state index in [0.717, 1.165) is 6.54 Å². The van der Waals surface area contributed by atoms with Crippen LogP contribution in [0.2, 0.25) is 0 Å². The fourth-order valence-electron chi connectivity index (χ4n) is 2.91. The van der Waals surface area contributed by atoms with E-state index >= 15 is 0 Å². The first-order valence-electron chi connectivity index (χ1n) is 7.50. The lowest BCUT2D eigenvalue weighted by Crippen LogP contribution is -2.44. The average Bonchev–Trinajstić information content (AvgIpc) is 2.91. The molecule has 0 bridgehead atoms. The number of nitrogens with zero attached hydrogens (tertiary/aromatic N) is 1. The summed E-state index contributed by atoms with van der Waals surface area (Å²) in [6.45, 7) is 8.20. The highest BCUT2D eigenvalue weighted by Crippen LogP contribution is 2.19. The molecule has 1 aromatic carbocycles. The molecule has 1 saturated heterocycles. The molecule has 0 spiro atoms. The van der Waals surface area contributed by atoms with Gasteiger partial charge >= 0.3 is 0 Å². The van der Waals surface area contributed by atoms with Gasteiger partial charge in [0.1, 0.15) is 11.6 Å².